The van der Waals surface area contributed by atoms with Gasteiger partial charge < -0.3 is 10.7 Å². The molecule has 0 aromatic carbocycles. The van der Waals surface area contributed by atoms with Crippen LogP contribution in [0, 0.1) is 0 Å². The van der Waals surface area contributed by atoms with E-state index in [4.69, 9.17) is 5.73 Å². The molecule has 4 heteroatoms. The monoisotopic (exact) mass is 194 g/mol. The molecule has 3 N–H and O–H groups in total. The number of nitrogens with zero attached hydrogens (tertiary/aromatic N) is 2. The maximum absolute atomic E-state index is 5.53. The van der Waals surface area contributed by atoms with Gasteiger partial charge in [0.05, 0.1) is 5.39 Å². The van der Waals surface area contributed by atoms with Crippen molar-refractivity contribution in [1.82, 2.24) is 15.0 Å². The highest BCUT2D eigenvalue weighted by molar-refractivity contribution is 5.85. The topological polar surface area (TPSA) is 67.6 Å². The van der Waals surface area contributed by atoms with Crippen LogP contribution in [0.4, 0.5) is 5.82 Å². The molecule has 2 rings (SSSR count). The van der Waals surface area contributed by atoms with Crippen LogP contribution in [0.5, 0.6) is 0 Å². The summed E-state index contributed by atoms with van der Waals surface area (Å²) in [4.78, 5) is 10.7. The van der Waals surface area contributed by atoms with Crippen molar-refractivity contribution in [2.75, 3.05) is 5.73 Å². The number of fused-ring (bicyclic) bond motifs is 1. The molecule has 2 aromatic heterocycles. The SMILES string of the molecule is CC.CC.Nc1ncnc2[nH]ccc12. The third-order valence-corrected chi connectivity index (χ3v) is 1.38. The zero-order valence-corrected chi connectivity index (χ0v) is 9.20. The number of nitrogen functional groups attached to an aromatic ring is 1. The Kier molecular flexibility index (Phi) is 6.11. The molecule has 0 atom stereocenters. The van der Waals surface area contributed by atoms with Gasteiger partial charge in [-0.15, -0.1) is 0 Å². The molecule has 0 aliphatic heterocycles. The number of nitrogens with two attached hydrogens (primary N) is 1. The van der Waals surface area contributed by atoms with Crippen LogP contribution < -0.4 is 5.73 Å². The van der Waals surface area contributed by atoms with Crippen molar-refractivity contribution in [3.63, 3.8) is 0 Å². The van der Waals surface area contributed by atoms with Gasteiger partial charge in [0.1, 0.15) is 17.8 Å². The van der Waals surface area contributed by atoms with Gasteiger partial charge in [0.25, 0.3) is 0 Å². The summed E-state index contributed by atoms with van der Waals surface area (Å²) >= 11 is 0. The quantitative estimate of drug-likeness (QED) is 0.677. The fourth-order valence-electron chi connectivity index (χ4n) is 0.892. The molecule has 4 nitrogen and oxygen atoms in total. The van der Waals surface area contributed by atoms with E-state index in [0.29, 0.717) is 5.82 Å². The summed E-state index contributed by atoms with van der Waals surface area (Å²) in [7, 11) is 0. The van der Waals surface area contributed by atoms with E-state index in [9.17, 15) is 0 Å². The van der Waals surface area contributed by atoms with Crippen LogP contribution >= 0.6 is 0 Å². The zero-order valence-electron chi connectivity index (χ0n) is 9.20. The van der Waals surface area contributed by atoms with E-state index < -0.39 is 0 Å². The van der Waals surface area contributed by atoms with Gasteiger partial charge in [-0.2, -0.15) is 0 Å². The number of hydrogen-bond donors (Lipinski definition) is 2. The van der Waals surface area contributed by atoms with Crippen molar-refractivity contribution < 1.29 is 0 Å². The summed E-state index contributed by atoms with van der Waals surface area (Å²) in [6.45, 7) is 8.00. The smallest absolute Gasteiger partial charge is 0.142 e. The number of aromatic amines is 1. The van der Waals surface area contributed by atoms with Crippen LogP contribution in [0.1, 0.15) is 27.7 Å². The minimum atomic E-state index is 0.520. The van der Waals surface area contributed by atoms with Gasteiger partial charge in [-0.05, 0) is 6.07 Å². The van der Waals surface area contributed by atoms with Crippen molar-refractivity contribution in [2.45, 2.75) is 27.7 Å². The first-order chi connectivity index (χ1) is 6.88. The molecule has 2 aromatic rings. The second kappa shape index (κ2) is 6.88. The van der Waals surface area contributed by atoms with E-state index in [0.717, 1.165) is 11.0 Å². The number of H-pyrrole nitrogens is 1. The Balaban J connectivity index is 0.000000379. The largest absolute Gasteiger partial charge is 0.383 e. The number of anilines is 1. The molecule has 0 radical (unpaired) electrons. The van der Waals surface area contributed by atoms with Crippen molar-refractivity contribution in [1.29, 1.82) is 0 Å². The Morgan fingerprint density at radius 1 is 1.14 bits per heavy atom. The molecule has 0 bridgehead atoms. The molecular formula is C10H18N4. The Morgan fingerprint density at radius 2 is 1.79 bits per heavy atom. The number of rotatable bonds is 0. The first kappa shape index (κ1) is 12.4. The summed E-state index contributed by atoms with van der Waals surface area (Å²) in [5.74, 6) is 0.520. The number of aromatic nitrogens is 3. The van der Waals surface area contributed by atoms with Gasteiger partial charge in [-0.1, -0.05) is 27.7 Å². The molecule has 0 saturated carbocycles. The van der Waals surface area contributed by atoms with E-state index in [-0.39, 0.29) is 0 Å². The highest BCUT2D eigenvalue weighted by Crippen LogP contribution is 2.12. The van der Waals surface area contributed by atoms with Crippen LogP contribution in [-0.2, 0) is 0 Å². The maximum atomic E-state index is 5.53. The second-order valence-corrected chi connectivity index (χ2v) is 2.00. The average Bonchev–Trinajstić information content (AvgIpc) is 2.73. The third kappa shape index (κ3) is 2.73. The molecule has 0 amide bonds. The van der Waals surface area contributed by atoms with Gasteiger partial charge in [-0.3, -0.25) is 0 Å². The van der Waals surface area contributed by atoms with Crippen LogP contribution in [0.25, 0.3) is 11.0 Å². The average molecular weight is 194 g/mol. The van der Waals surface area contributed by atoms with Crippen molar-refractivity contribution >= 4 is 16.9 Å². The first-order valence-corrected chi connectivity index (χ1v) is 4.91. The Bertz CT molecular complexity index is 354. The Hall–Kier alpha value is -1.58. The van der Waals surface area contributed by atoms with E-state index >= 15 is 0 Å². The zero-order chi connectivity index (χ0) is 11.0. The maximum Gasteiger partial charge on any atom is 0.142 e. The van der Waals surface area contributed by atoms with Gasteiger partial charge in [0.2, 0.25) is 0 Å². The molecule has 78 valence electrons. The molecule has 0 saturated heterocycles. The normalized spacial score (nSPS) is 8.29. The van der Waals surface area contributed by atoms with E-state index in [1.54, 1.807) is 6.20 Å². The van der Waals surface area contributed by atoms with Gasteiger partial charge in [0, 0.05) is 6.20 Å². The summed E-state index contributed by atoms with van der Waals surface area (Å²) < 4.78 is 0. The lowest BCUT2D eigenvalue weighted by Crippen LogP contribution is -1.90. The molecule has 14 heavy (non-hydrogen) atoms. The second-order valence-electron chi connectivity index (χ2n) is 2.00. The van der Waals surface area contributed by atoms with Crippen molar-refractivity contribution in [3.05, 3.63) is 18.6 Å². The minimum Gasteiger partial charge on any atom is -0.383 e. The summed E-state index contributed by atoms with van der Waals surface area (Å²) in [6.07, 6.45) is 3.23. The summed E-state index contributed by atoms with van der Waals surface area (Å²) in [5, 5.41) is 0.877. The van der Waals surface area contributed by atoms with Crippen LogP contribution in [-0.4, -0.2) is 15.0 Å². The summed E-state index contributed by atoms with van der Waals surface area (Å²) in [6, 6.07) is 1.85. The Labute approximate surface area is 84.6 Å². The molecule has 0 spiro atoms. The van der Waals surface area contributed by atoms with Crippen LogP contribution in [0.3, 0.4) is 0 Å². The fourth-order valence-corrected chi connectivity index (χ4v) is 0.892. The lowest BCUT2D eigenvalue weighted by Gasteiger charge is -1.90. The first-order valence-electron chi connectivity index (χ1n) is 4.91. The molecule has 0 fully saturated rings. The lowest BCUT2D eigenvalue weighted by atomic mass is 10.4. The molecule has 2 heterocycles. The Morgan fingerprint density at radius 3 is 2.36 bits per heavy atom. The van der Waals surface area contributed by atoms with E-state index in [1.807, 2.05) is 33.8 Å². The molecule has 0 unspecified atom stereocenters. The van der Waals surface area contributed by atoms with Crippen LogP contribution in [0.15, 0.2) is 18.6 Å². The lowest BCUT2D eigenvalue weighted by molar-refractivity contribution is 1.21. The van der Waals surface area contributed by atoms with E-state index in [2.05, 4.69) is 15.0 Å². The third-order valence-electron chi connectivity index (χ3n) is 1.38. The van der Waals surface area contributed by atoms with Gasteiger partial charge in [0.15, 0.2) is 0 Å². The standard InChI is InChI=1S/C6H6N4.2C2H6/c7-5-4-1-2-8-6(4)10-3-9-5;2*1-2/h1-3H,(H3,7,8,9,10);2*1-2H3. The van der Waals surface area contributed by atoms with Gasteiger partial charge in [-0.25, -0.2) is 9.97 Å². The predicted octanol–water partition coefficient (Wildman–Crippen LogP) is 2.59. The number of hydrogen-bond acceptors (Lipinski definition) is 3. The number of nitrogens with one attached hydrogen (secondary N) is 1. The molecular weight excluding hydrogens is 176 g/mol. The highest BCUT2D eigenvalue weighted by atomic mass is 15.0. The van der Waals surface area contributed by atoms with Crippen LogP contribution in [0.2, 0.25) is 0 Å². The minimum absolute atomic E-state index is 0.520. The predicted molar refractivity (Wildman–Crippen MR) is 61.0 cm³/mol. The van der Waals surface area contributed by atoms with E-state index in [1.165, 1.54) is 6.33 Å². The van der Waals surface area contributed by atoms with Gasteiger partial charge >= 0.3 is 0 Å². The van der Waals surface area contributed by atoms with Crippen molar-refractivity contribution in [2.24, 2.45) is 0 Å². The fraction of sp³-hybridized carbons (Fsp3) is 0.400. The molecule has 0 aliphatic carbocycles. The molecule has 0 aliphatic rings. The van der Waals surface area contributed by atoms with Crippen molar-refractivity contribution in [3.8, 4) is 0 Å². The highest BCUT2D eigenvalue weighted by Gasteiger charge is 1.97. The summed E-state index contributed by atoms with van der Waals surface area (Å²) in [5.41, 5.74) is 6.31.